The van der Waals surface area contributed by atoms with Gasteiger partial charge in [-0.15, -0.1) is 0 Å². The van der Waals surface area contributed by atoms with E-state index in [2.05, 4.69) is 34.9 Å². The van der Waals surface area contributed by atoms with E-state index in [9.17, 15) is 14.4 Å². The van der Waals surface area contributed by atoms with Crippen LogP contribution in [0.2, 0.25) is 0 Å². The van der Waals surface area contributed by atoms with Crippen LogP contribution in [0.4, 0.5) is 4.79 Å². The Balaban J connectivity index is 1.10. The van der Waals surface area contributed by atoms with E-state index in [-0.39, 0.29) is 56.6 Å². The zero-order valence-corrected chi connectivity index (χ0v) is 18.3. The number of aliphatic carboxylic acids is 1. The van der Waals surface area contributed by atoms with Crippen LogP contribution in [0.5, 0.6) is 0 Å². The molecule has 0 saturated heterocycles. The largest absolute Gasteiger partial charge is 0.481 e. The molecule has 0 atom stereocenters. The summed E-state index contributed by atoms with van der Waals surface area (Å²) in [6.45, 7) is 1.03. The molecule has 0 spiro atoms. The molecule has 2 aromatic carbocycles. The maximum Gasteiger partial charge on any atom is 0.407 e. The van der Waals surface area contributed by atoms with Crippen molar-refractivity contribution in [2.45, 2.75) is 31.2 Å². The van der Waals surface area contributed by atoms with Gasteiger partial charge in [0.05, 0.1) is 19.1 Å². The summed E-state index contributed by atoms with van der Waals surface area (Å²) < 4.78 is 10.9. The third-order valence-corrected chi connectivity index (χ3v) is 6.19. The molecule has 2 amide bonds. The first-order chi connectivity index (χ1) is 16.0. The fraction of sp³-hybridized carbons (Fsp3) is 0.400. The van der Waals surface area contributed by atoms with E-state index >= 15 is 0 Å². The highest BCUT2D eigenvalue weighted by Crippen LogP contribution is 2.44. The third kappa shape index (κ3) is 5.51. The van der Waals surface area contributed by atoms with Crippen molar-refractivity contribution < 1.29 is 29.0 Å². The zero-order chi connectivity index (χ0) is 23.2. The number of hydrogen-bond acceptors (Lipinski definition) is 5. The number of alkyl carbamates (subject to hydrolysis) is 1. The number of fused-ring (bicyclic) bond motifs is 3. The lowest BCUT2D eigenvalue weighted by Crippen LogP contribution is -2.46. The van der Waals surface area contributed by atoms with Crippen LogP contribution >= 0.6 is 0 Å². The van der Waals surface area contributed by atoms with Gasteiger partial charge in [0.2, 0.25) is 5.91 Å². The lowest BCUT2D eigenvalue weighted by molar-refractivity contribution is -0.146. The summed E-state index contributed by atoms with van der Waals surface area (Å²) in [5, 5.41) is 14.3. The lowest BCUT2D eigenvalue weighted by atomic mass is 9.80. The first kappa shape index (κ1) is 22.8. The van der Waals surface area contributed by atoms with E-state index in [4.69, 9.17) is 14.6 Å². The Morgan fingerprint density at radius 3 is 2.21 bits per heavy atom. The second-order valence-corrected chi connectivity index (χ2v) is 8.39. The minimum atomic E-state index is -0.812. The van der Waals surface area contributed by atoms with E-state index in [1.54, 1.807) is 0 Å². The highest BCUT2D eigenvalue weighted by Gasteiger charge is 2.35. The van der Waals surface area contributed by atoms with Crippen molar-refractivity contribution in [2.75, 3.05) is 26.4 Å². The second-order valence-electron chi connectivity index (χ2n) is 8.39. The highest BCUT2D eigenvalue weighted by molar-refractivity contribution is 5.79. The molecule has 33 heavy (non-hydrogen) atoms. The topological polar surface area (TPSA) is 114 Å². The molecule has 2 aliphatic rings. The lowest BCUT2D eigenvalue weighted by Gasteiger charge is -2.32. The average molecular weight is 453 g/mol. The first-order valence-electron chi connectivity index (χ1n) is 11.2. The summed E-state index contributed by atoms with van der Waals surface area (Å²) >= 11 is 0. The van der Waals surface area contributed by atoms with E-state index < -0.39 is 12.1 Å². The molecular weight excluding hydrogens is 424 g/mol. The summed E-state index contributed by atoms with van der Waals surface area (Å²) in [7, 11) is 0. The van der Waals surface area contributed by atoms with Crippen molar-refractivity contribution in [1.82, 2.24) is 10.6 Å². The molecule has 1 fully saturated rings. The number of carbonyl (C=O) groups excluding carboxylic acids is 2. The van der Waals surface area contributed by atoms with Gasteiger partial charge in [-0.1, -0.05) is 48.5 Å². The number of ether oxygens (including phenoxy) is 2. The molecule has 0 radical (unpaired) electrons. The number of benzene rings is 2. The van der Waals surface area contributed by atoms with Gasteiger partial charge in [0.25, 0.3) is 0 Å². The molecule has 0 unspecified atom stereocenters. The molecular formula is C25H28N2O6. The Labute approximate surface area is 192 Å². The van der Waals surface area contributed by atoms with Crippen molar-refractivity contribution in [1.29, 1.82) is 0 Å². The SMILES string of the molecule is O=C(CCOCCNC(=O)OCC1c2ccccc2-c2ccccc21)NC1CC(C(=O)O)C1. The minimum absolute atomic E-state index is 0.0133. The van der Waals surface area contributed by atoms with Gasteiger partial charge < -0.3 is 25.2 Å². The van der Waals surface area contributed by atoms with Crippen LogP contribution in [0.3, 0.4) is 0 Å². The van der Waals surface area contributed by atoms with Gasteiger partial charge in [0, 0.05) is 24.9 Å². The van der Waals surface area contributed by atoms with Crippen LogP contribution < -0.4 is 10.6 Å². The maximum absolute atomic E-state index is 12.1. The van der Waals surface area contributed by atoms with Crippen LogP contribution in [-0.4, -0.2) is 55.5 Å². The van der Waals surface area contributed by atoms with Crippen molar-refractivity contribution in [3.63, 3.8) is 0 Å². The molecule has 0 aliphatic heterocycles. The summed E-state index contributed by atoms with van der Waals surface area (Å²) in [5.41, 5.74) is 4.68. The van der Waals surface area contributed by atoms with Gasteiger partial charge in [-0.25, -0.2) is 4.79 Å². The second kappa shape index (κ2) is 10.5. The summed E-state index contributed by atoms with van der Waals surface area (Å²) in [4.78, 5) is 34.7. The molecule has 0 heterocycles. The standard InChI is InChI=1S/C25H28N2O6/c28-23(27-17-13-16(14-17)24(29)30)9-11-32-12-10-26-25(31)33-15-22-20-7-3-1-5-18(20)19-6-2-4-8-21(19)22/h1-8,16-17,22H,9-15H2,(H,26,31)(H,27,28)(H,29,30). The predicted octanol–water partition coefficient (Wildman–Crippen LogP) is 2.91. The normalized spacial score (nSPS) is 18.5. The van der Waals surface area contributed by atoms with Crippen molar-refractivity contribution in [2.24, 2.45) is 5.92 Å². The van der Waals surface area contributed by atoms with Crippen LogP contribution in [-0.2, 0) is 19.1 Å². The highest BCUT2D eigenvalue weighted by atomic mass is 16.5. The van der Waals surface area contributed by atoms with Crippen LogP contribution in [0.15, 0.2) is 48.5 Å². The van der Waals surface area contributed by atoms with Crippen molar-refractivity contribution in [3.8, 4) is 11.1 Å². The Morgan fingerprint density at radius 1 is 0.939 bits per heavy atom. The van der Waals surface area contributed by atoms with E-state index in [1.165, 1.54) is 11.1 Å². The van der Waals surface area contributed by atoms with Crippen LogP contribution in [0.1, 0.15) is 36.3 Å². The Kier molecular flexibility index (Phi) is 7.24. The van der Waals surface area contributed by atoms with E-state index in [0.717, 1.165) is 11.1 Å². The first-order valence-corrected chi connectivity index (χ1v) is 11.2. The number of amides is 2. The molecule has 3 N–H and O–H groups in total. The Bertz CT molecular complexity index is 972. The monoisotopic (exact) mass is 452 g/mol. The summed E-state index contributed by atoms with van der Waals surface area (Å²) in [6, 6.07) is 16.3. The van der Waals surface area contributed by atoms with Crippen molar-refractivity contribution >= 4 is 18.0 Å². The van der Waals surface area contributed by atoms with E-state index in [0.29, 0.717) is 12.8 Å². The number of rotatable bonds is 10. The molecule has 174 valence electrons. The number of carboxylic acids is 1. The molecule has 1 saturated carbocycles. The van der Waals surface area contributed by atoms with Gasteiger partial charge in [0.1, 0.15) is 6.61 Å². The Morgan fingerprint density at radius 2 is 1.58 bits per heavy atom. The van der Waals surface area contributed by atoms with Gasteiger partial charge >= 0.3 is 12.1 Å². The van der Waals surface area contributed by atoms with Crippen LogP contribution in [0, 0.1) is 5.92 Å². The van der Waals surface area contributed by atoms with Gasteiger partial charge in [-0.05, 0) is 35.1 Å². The molecule has 2 aromatic rings. The Hall–Kier alpha value is -3.39. The molecule has 0 bridgehead atoms. The van der Waals surface area contributed by atoms with Gasteiger partial charge in [0.15, 0.2) is 0 Å². The van der Waals surface area contributed by atoms with Gasteiger partial charge in [-0.3, -0.25) is 9.59 Å². The number of hydrogen-bond donors (Lipinski definition) is 3. The quantitative estimate of drug-likeness (QED) is 0.478. The van der Waals surface area contributed by atoms with Crippen molar-refractivity contribution in [3.05, 3.63) is 59.7 Å². The van der Waals surface area contributed by atoms with E-state index in [1.807, 2.05) is 24.3 Å². The molecule has 8 heteroatoms. The maximum atomic E-state index is 12.1. The fourth-order valence-electron chi connectivity index (χ4n) is 4.38. The fourth-order valence-corrected chi connectivity index (χ4v) is 4.38. The number of nitrogens with one attached hydrogen (secondary N) is 2. The number of carbonyl (C=O) groups is 3. The molecule has 8 nitrogen and oxygen atoms in total. The minimum Gasteiger partial charge on any atom is -0.481 e. The summed E-state index contributed by atoms with van der Waals surface area (Å²) in [5.74, 6) is -1.31. The third-order valence-electron chi connectivity index (χ3n) is 6.19. The molecule has 0 aromatic heterocycles. The molecule has 4 rings (SSSR count). The molecule has 2 aliphatic carbocycles. The predicted molar refractivity (Wildman–Crippen MR) is 121 cm³/mol. The number of carboxylic acid groups (broad SMARTS) is 1. The summed E-state index contributed by atoms with van der Waals surface area (Å²) in [6.07, 6.45) is 0.646. The zero-order valence-electron chi connectivity index (χ0n) is 18.3. The van der Waals surface area contributed by atoms with Crippen LogP contribution in [0.25, 0.3) is 11.1 Å². The average Bonchev–Trinajstić information content (AvgIpc) is 3.10. The smallest absolute Gasteiger partial charge is 0.407 e. The van der Waals surface area contributed by atoms with Gasteiger partial charge in [-0.2, -0.15) is 0 Å².